The molecule has 1 heterocycles. The predicted octanol–water partition coefficient (Wildman–Crippen LogP) is 5.22. The Bertz CT molecular complexity index is 1580. The quantitative estimate of drug-likeness (QED) is 0.142. The topological polar surface area (TPSA) is 91.3 Å². The van der Waals surface area contributed by atoms with E-state index in [4.69, 9.17) is 5.73 Å². The maximum absolute atomic E-state index is 13.6. The Balaban J connectivity index is 1.50. The SMILES string of the molecule is [CH2+]CCN(CCN)c1ccc(CC(C)C(=O)NC(Cc2ccc(C(F)(F)F)cc2)C(=O)Nc2cc3ccccc3[n+](C)c2)cc1. The highest BCUT2D eigenvalue weighted by Crippen LogP contribution is 2.29. The number of alkyl halides is 3. The second-order valence-corrected chi connectivity index (χ2v) is 11.2. The van der Waals surface area contributed by atoms with E-state index >= 15 is 0 Å². The van der Waals surface area contributed by atoms with Crippen LogP contribution in [0.25, 0.3) is 10.9 Å². The number of para-hydroxylation sites is 1. The number of anilines is 2. The summed E-state index contributed by atoms with van der Waals surface area (Å²) >= 11 is 0. The Morgan fingerprint density at radius 2 is 1.58 bits per heavy atom. The summed E-state index contributed by atoms with van der Waals surface area (Å²) in [5, 5.41) is 6.66. The number of amides is 2. The molecule has 3 aromatic carbocycles. The molecule has 0 saturated carbocycles. The molecule has 2 unspecified atom stereocenters. The number of carbonyl (C=O) groups excluding carboxylic acids is 2. The maximum atomic E-state index is 13.6. The number of halogens is 3. The predicted molar refractivity (Wildman–Crippen MR) is 171 cm³/mol. The first kappa shape index (κ1) is 33.3. The van der Waals surface area contributed by atoms with Gasteiger partial charge < -0.3 is 21.3 Å². The van der Waals surface area contributed by atoms with Crippen molar-refractivity contribution in [3.63, 3.8) is 0 Å². The standard InChI is InChI=1S/C35H38F3N5O2/c1-4-18-43(19-17-39)30-15-11-25(12-16-30)20-24(2)33(44)41-31(21-26-9-13-28(14-10-26)35(36,37)38)34(45)40-29-22-27-7-5-6-8-32(27)42(3)23-29/h5-16,22-24,31H,1,4,17-21,39H2,2-3H3/p+2. The van der Waals surface area contributed by atoms with Gasteiger partial charge in [-0.3, -0.25) is 9.59 Å². The number of pyridine rings is 1. The number of rotatable bonds is 13. The molecular weight excluding hydrogens is 579 g/mol. The highest BCUT2D eigenvalue weighted by molar-refractivity contribution is 5.98. The van der Waals surface area contributed by atoms with Gasteiger partial charge in [-0.05, 0) is 53.9 Å². The van der Waals surface area contributed by atoms with Gasteiger partial charge in [0, 0.05) is 42.6 Å². The van der Waals surface area contributed by atoms with E-state index in [0.717, 1.165) is 47.3 Å². The van der Waals surface area contributed by atoms with Gasteiger partial charge in [-0.2, -0.15) is 17.7 Å². The van der Waals surface area contributed by atoms with Gasteiger partial charge in [0.25, 0.3) is 0 Å². The van der Waals surface area contributed by atoms with E-state index < -0.39 is 29.6 Å². The fourth-order valence-corrected chi connectivity index (χ4v) is 5.31. The Labute approximate surface area is 262 Å². The molecule has 2 atom stereocenters. The van der Waals surface area contributed by atoms with Crippen molar-refractivity contribution in [3.05, 3.63) is 109 Å². The van der Waals surface area contributed by atoms with Crippen LogP contribution in [-0.4, -0.2) is 37.5 Å². The number of nitrogens with one attached hydrogen (secondary N) is 2. The zero-order valence-corrected chi connectivity index (χ0v) is 25.6. The van der Waals surface area contributed by atoms with Crippen molar-refractivity contribution < 1.29 is 27.3 Å². The van der Waals surface area contributed by atoms with Crippen molar-refractivity contribution in [2.75, 3.05) is 29.9 Å². The van der Waals surface area contributed by atoms with Gasteiger partial charge in [0.2, 0.25) is 17.3 Å². The van der Waals surface area contributed by atoms with Gasteiger partial charge >= 0.3 is 6.18 Å². The largest absolute Gasteiger partial charge is 0.416 e. The summed E-state index contributed by atoms with van der Waals surface area (Å²) in [7, 11) is 1.87. The smallest absolute Gasteiger partial charge is 0.366 e. The molecule has 0 aliphatic carbocycles. The summed E-state index contributed by atoms with van der Waals surface area (Å²) in [5.41, 5.74) is 8.94. The molecule has 4 N–H and O–H groups in total. The molecule has 10 heteroatoms. The van der Waals surface area contributed by atoms with E-state index in [-0.39, 0.29) is 12.3 Å². The zero-order chi connectivity index (χ0) is 32.6. The van der Waals surface area contributed by atoms with E-state index in [9.17, 15) is 22.8 Å². The lowest BCUT2D eigenvalue weighted by Gasteiger charge is -2.23. The van der Waals surface area contributed by atoms with Crippen LogP contribution in [0.2, 0.25) is 0 Å². The van der Waals surface area contributed by atoms with Crippen molar-refractivity contribution in [1.82, 2.24) is 5.32 Å². The maximum Gasteiger partial charge on any atom is 0.416 e. The van der Waals surface area contributed by atoms with E-state index in [1.54, 1.807) is 13.1 Å². The lowest BCUT2D eigenvalue weighted by Crippen LogP contribution is -2.47. The van der Waals surface area contributed by atoms with Crippen LogP contribution in [0.5, 0.6) is 0 Å². The number of hydrogen-bond acceptors (Lipinski definition) is 4. The molecule has 4 aromatic rings. The number of nitrogens with zero attached hydrogens (tertiary/aromatic N) is 2. The van der Waals surface area contributed by atoms with Gasteiger partial charge in [-0.25, -0.2) is 0 Å². The van der Waals surface area contributed by atoms with Gasteiger partial charge in [0.05, 0.1) is 19.0 Å². The summed E-state index contributed by atoms with van der Waals surface area (Å²) in [4.78, 5) is 29.1. The third-order valence-electron chi connectivity index (χ3n) is 7.70. The molecule has 7 nitrogen and oxygen atoms in total. The van der Waals surface area contributed by atoms with Gasteiger partial charge in [-0.1, -0.05) is 43.3 Å². The number of carbonyl (C=O) groups is 2. The third-order valence-corrected chi connectivity index (χ3v) is 7.70. The molecule has 0 aliphatic heterocycles. The summed E-state index contributed by atoms with van der Waals surface area (Å²) < 4.78 is 41.3. The van der Waals surface area contributed by atoms with Gasteiger partial charge in [-0.15, -0.1) is 0 Å². The number of fused-ring (bicyclic) bond motifs is 1. The Morgan fingerprint density at radius 3 is 2.22 bits per heavy atom. The molecule has 0 fully saturated rings. The van der Waals surface area contributed by atoms with Gasteiger partial charge in [0.15, 0.2) is 6.20 Å². The summed E-state index contributed by atoms with van der Waals surface area (Å²) in [6.45, 7) is 7.73. The molecule has 1 aromatic heterocycles. The minimum atomic E-state index is -4.47. The number of nitrogens with two attached hydrogens (primary N) is 1. The molecule has 0 bridgehead atoms. The molecule has 2 amide bonds. The molecule has 0 spiro atoms. The van der Waals surface area contributed by atoms with E-state index in [2.05, 4.69) is 22.5 Å². The number of hydrogen-bond donors (Lipinski definition) is 3. The van der Waals surface area contributed by atoms with Crippen LogP contribution < -0.4 is 25.8 Å². The molecule has 0 radical (unpaired) electrons. The van der Waals surface area contributed by atoms with Crippen LogP contribution in [0.1, 0.15) is 30.0 Å². The number of aryl methyl sites for hydroxylation is 1. The van der Waals surface area contributed by atoms with E-state index in [1.807, 2.05) is 66.2 Å². The minimum absolute atomic E-state index is 0.0140. The van der Waals surface area contributed by atoms with Crippen LogP contribution in [0, 0.1) is 12.8 Å². The molecule has 4 rings (SSSR count). The van der Waals surface area contributed by atoms with Crippen molar-refractivity contribution in [1.29, 1.82) is 0 Å². The minimum Gasteiger partial charge on any atom is -0.366 e. The second kappa shape index (κ2) is 14.9. The molecule has 236 valence electrons. The lowest BCUT2D eigenvalue weighted by molar-refractivity contribution is -0.644. The zero-order valence-electron chi connectivity index (χ0n) is 25.6. The number of aromatic nitrogens is 1. The summed E-state index contributed by atoms with van der Waals surface area (Å²) in [5.74, 6) is -1.28. The first-order valence-corrected chi connectivity index (χ1v) is 15.0. The second-order valence-electron chi connectivity index (χ2n) is 11.2. The summed E-state index contributed by atoms with van der Waals surface area (Å²) in [6, 6.07) is 21.1. The highest BCUT2D eigenvalue weighted by Gasteiger charge is 2.30. The van der Waals surface area contributed by atoms with Gasteiger partial charge in [0.1, 0.15) is 25.2 Å². The molecule has 0 aliphatic rings. The molecule has 0 saturated heterocycles. The van der Waals surface area contributed by atoms with Crippen LogP contribution in [0.3, 0.4) is 0 Å². The fraction of sp³-hybridized carbons (Fsp3) is 0.314. The third kappa shape index (κ3) is 8.98. The van der Waals surface area contributed by atoms with Crippen LogP contribution in [0.4, 0.5) is 24.5 Å². The Morgan fingerprint density at radius 1 is 0.933 bits per heavy atom. The fourth-order valence-electron chi connectivity index (χ4n) is 5.31. The Kier molecular flexibility index (Phi) is 11.1. The first-order valence-electron chi connectivity index (χ1n) is 15.0. The monoisotopic (exact) mass is 619 g/mol. The average molecular weight is 620 g/mol. The Hall–Kier alpha value is -4.57. The van der Waals surface area contributed by atoms with Crippen LogP contribution in [0.15, 0.2) is 85.1 Å². The van der Waals surface area contributed by atoms with E-state index in [0.29, 0.717) is 30.8 Å². The number of benzene rings is 3. The highest BCUT2D eigenvalue weighted by atomic mass is 19.4. The van der Waals surface area contributed by atoms with Crippen molar-refractivity contribution in [2.45, 2.75) is 38.4 Å². The average Bonchev–Trinajstić information content (AvgIpc) is 3.01. The van der Waals surface area contributed by atoms with Crippen LogP contribution >= 0.6 is 0 Å². The normalized spacial score (nSPS) is 12.8. The van der Waals surface area contributed by atoms with E-state index in [1.165, 1.54) is 12.1 Å². The molecular formula is C35H40F3N5O2+2. The lowest BCUT2D eigenvalue weighted by atomic mass is 9.98. The molecule has 45 heavy (non-hydrogen) atoms. The van der Waals surface area contributed by atoms with Crippen molar-refractivity contribution in [2.24, 2.45) is 18.7 Å². The van der Waals surface area contributed by atoms with Crippen molar-refractivity contribution in [3.8, 4) is 0 Å². The van der Waals surface area contributed by atoms with Crippen molar-refractivity contribution >= 4 is 34.1 Å². The van der Waals surface area contributed by atoms with Crippen LogP contribution in [-0.2, 0) is 35.7 Å². The first-order chi connectivity index (χ1) is 21.5. The summed E-state index contributed by atoms with van der Waals surface area (Å²) in [6.07, 6.45) is -1.50.